The molecule has 1 saturated heterocycles. The summed E-state index contributed by atoms with van der Waals surface area (Å²) in [6, 6.07) is 10.9. The molecule has 0 amide bonds. The highest BCUT2D eigenvalue weighted by Crippen LogP contribution is 2.31. The summed E-state index contributed by atoms with van der Waals surface area (Å²) in [6.07, 6.45) is 1.95. The summed E-state index contributed by atoms with van der Waals surface area (Å²) < 4.78 is 6.05. The molecule has 0 spiro atoms. The van der Waals surface area contributed by atoms with Crippen LogP contribution in [0.1, 0.15) is 23.2 Å². The number of nitrogens with zero attached hydrogens (tertiary/aromatic N) is 5. The monoisotopic (exact) mass is 395 g/mol. The lowest BCUT2D eigenvalue weighted by Gasteiger charge is -2.17. The van der Waals surface area contributed by atoms with Gasteiger partial charge in [-0.25, -0.2) is 4.79 Å². The molecule has 1 aliphatic rings. The van der Waals surface area contributed by atoms with E-state index in [0.717, 1.165) is 30.6 Å². The Morgan fingerprint density at radius 2 is 1.93 bits per heavy atom. The van der Waals surface area contributed by atoms with Gasteiger partial charge in [-0.2, -0.15) is 4.68 Å². The predicted octanol–water partition coefficient (Wildman–Crippen LogP) is 2.11. The van der Waals surface area contributed by atoms with Crippen LogP contribution in [0.5, 0.6) is 0 Å². The van der Waals surface area contributed by atoms with Gasteiger partial charge in [-0.1, -0.05) is 17.3 Å². The van der Waals surface area contributed by atoms with Crippen LogP contribution in [0.3, 0.4) is 0 Å². The van der Waals surface area contributed by atoms with Crippen molar-refractivity contribution in [2.75, 3.05) is 18.0 Å². The van der Waals surface area contributed by atoms with Crippen molar-refractivity contribution in [1.29, 1.82) is 0 Å². The number of ether oxygens (including phenoxy) is 1. The smallest absolute Gasteiger partial charge is 0.340 e. The van der Waals surface area contributed by atoms with Crippen molar-refractivity contribution in [2.24, 2.45) is 0 Å². The molecule has 4 rings (SSSR count). The normalized spacial score (nSPS) is 13.6. The van der Waals surface area contributed by atoms with Crippen LogP contribution in [-0.4, -0.2) is 39.0 Å². The van der Waals surface area contributed by atoms with Crippen LogP contribution < -0.4 is 10.5 Å². The average molecular weight is 395 g/mol. The van der Waals surface area contributed by atoms with Gasteiger partial charge in [-0.15, -0.1) is 5.10 Å². The van der Waals surface area contributed by atoms with E-state index in [0.29, 0.717) is 16.6 Å². The average Bonchev–Trinajstić information content (AvgIpc) is 3.27. The Labute approximate surface area is 164 Å². The molecule has 0 unspecified atom stereocenters. The maximum atomic E-state index is 12.4. The molecular weight excluding hydrogens is 378 g/mol. The summed E-state index contributed by atoms with van der Waals surface area (Å²) in [5.74, 6) is -0.789. The molecule has 1 fully saturated rings. The van der Waals surface area contributed by atoms with Gasteiger partial charge in [0, 0.05) is 19.2 Å². The maximum absolute atomic E-state index is 12.4. The second kappa shape index (κ2) is 7.66. The van der Waals surface area contributed by atoms with Crippen molar-refractivity contribution in [1.82, 2.24) is 15.0 Å². The first-order valence-electron chi connectivity index (χ1n) is 9.07. The highest BCUT2D eigenvalue weighted by Gasteiger charge is 2.24. The second-order valence-electron chi connectivity index (χ2n) is 6.63. The molecule has 1 aromatic heterocycles. The zero-order valence-corrected chi connectivity index (χ0v) is 15.4. The van der Waals surface area contributed by atoms with Crippen molar-refractivity contribution >= 4 is 28.2 Å². The van der Waals surface area contributed by atoms with E-state index in [9.17, 15) is 19.7 Å². The summed E-state index contributed by atoms with van der Waals surface area (Å²) in [5.41, 5.74) is 0.359. The molecule has 0 bridgehead atoms. The number of benzene rings is 2. The number of fused-ring (bicyclic) bond motifs is 1. The zero-order chi connectivity index (χ0) is 20.4. The summed E-state index contributed by atoms with van der Waals surface area (Å²) in [7, 11) is 0. The van der Waals surface area contributed by atoms with Gasteiger partial charge in [0.2, 0.25) is 0 Å². The lowest BCUT2D eigenvalue weighted by atomic mass is 10.1. The van der Waals surface area contributed by atoms with Crippen molar-refractivity contribution in [3.8, 4) is 0 Å². The van der Waals surface area contributed by atoms with E-state index in [1.807, 2.05) is 4.90 Å². The molecule has 0 radical (unpaired) electrons. The Kier molecular flexibility index (Phi) is 4.90. The molecule has 29 heavy (non-hydrogen) atoms. The molecule has 1 aliphatic heterocycles. The summed E-state index contributed by atoms with van der Waals surface area (Å²) in [5, 5.41) is 19.5. The van der Waals surface area contributed by atoms with Crippen LogP contribution in [0.25, 0.3) is 10.9 Å². The number of aromatic nitrogens is 3. The van der Waals surface area contributed by atoms with Gasteiger partial charge in [0.1, 0.15) is 11.2 Å². The Morgan fingerprint density at radius 1 is 1.17 bits per heavy atom. The third-order valence-corrected chi connectivity index (χ3v) is 4.80. The first kappa shape index (κ1) is 18.5. The third kappa shape index (κ3) is 3.64. The molecule has 148 valence electrons. The number of anilines is 1. The summed E-state index contributed by atoms with van der Waals surface area (Å²) in [4.78, 5) is 37.6. The lowest BCUT2D eigenvalue weighted by molar-refractivity contribution is -0.384. The van der Waals surface area contributed by atoms with Crippen molar-refractivity contribution in [3.63, 3.8) is 0 Å². The fourth-order valence-corrected chi connectivity index (χ4v) is 3.33. The van der Waals surface area contributed by atoms with Crippen LogP contribution in [0.15, 0.2) is 47.3 Å². The number of nitro groups is 1. The molecule has 10 nitrogen and oxygen atoms in total. The number of hydrogen-bond acceptors (Lipinski definition) is 8. The van der Waals surface area contributed by atoms with Crippen molar-refractivity contribution in [3.05, 3.63) is 68.5 Å². The highest BCUT2D eigenvalue weighted by molar-refractivity contribution is 5.91. The van der Waals surface area contributed by atoms with Crippen LogP contribution in [0.4, 0.5) is 11.4 Å². The number of carbonyl (C=O) groups is 1. The topological polar surface area (TPSA) is 120 Å². The van der Waals surface area contributed by atoms with Gasteiger partial charge in [-0.05, 0) is 37.1 Å². The fraction of sp³-hybridized carbons (Fsp3) is 0.263. The second-order valence-corrected chi connectivity index (χ2v) is 6.63. The van der Waals surface area contributed by atoms with E-state index >= 15 is 0 Å². The first-order chi connectivity index (χ1) is 14.0. The number of nitro benzene ring substituents is 1. The van der Waals surface area contributed by atoms with Gasteiger partial charge in [-0.3, -0.25) is 14.9 Å². The van der Waals surface area contributed by atoms with E-state index in [1.165, 1.54) is 12.1 Å². The Morgan fingerprint density at radius 3 is 2.69 bits per heavy atom. The van der Waals surface area contributed by atoms with E-state index in [1.54, 1.807) is 30.3 Å². The largest absolute Gasteiger partial charge is 0.439 e. The Balaban J connectivity index is 1.54. The van der Waals surface area contributed by atoms with E-state index in [2.05, 4.69) is 10.3 Å². The minimum atomic E-state index is -0.789. The molecular formula is C19H17N5O5. The molecule has 0 atom stereocenters. The molecule has 10 heteroatoms. The van der Waals surface area contributed by atoms with Crippen molar-refractivity contribution < 1.29 is 14.5 Å². The molecule has 2 heterocycles. The predicted molar refractivity (Wildman–Crippen MR) is 104 cm³/mol. The van der Waals surface area contributed by atoms with Gasteiger partial charge >= 0.3 is 5.97 Å². The zero-order valence-electron chi connectivity index (χ0n) is 15.4. The number of esters is 1. The molecule has 3 aromatic rings. The van der Waals surface area contributed by atoms with Gasteiger partial charge in [0.25, 0.3) is 11.2 Å². The quantitative estimate of drug-likeness (QED) is 0.366. The van der Waals surface area contributed by atoms with Gasteiger partial charge in [0.05, 0.1) is 15.9 Å². The van der Waals surface area contributed by atoms with E-state index < -0.39 is 23.2 Å². The van der Waals surface area contributed by atoms with Crippen LogP contribution in [0, 0.1) is 10.1 Å². The van der Waals surface area contributed by atoms with Gasteiger partial charge in [0.15, 0.2) is 6.73 Å². The molecule has 0 aliphatic carbocycles. The summed E-state index contributed by atoms with van der Waals surface area (Å²) in [6.45, 7) is 1.04. The standard InChI is InChI=1S/C19H17N5O5/c25-18-14-5-1-2-6-15(14)20-21-23(18)12-29-19(26)13-7-8-16(17(11-13)24(27)28)22-9-3-4-10-22/h1-2,5-8,11H,3-4,9-10,12H2. The lowest BCUT2D eigenvalue weighted by Crippen LogP contribution is -2.26. The van der Waals surface area contributed by atoms with Crippen molar-refractivity contribution in [2.45, 2.75) is 19.6 Å². The summed E-state index contributed by atoms with van der Waals surface area (Å²) >= 11 is 0. The van der Waals surface area contributed by atoms with Crippen LogP contribution in [-0.2, 0) is 11.5 Å². The fourth-order valence-electron chi connectivity index (χ4n) is 3.33. The minimum absolute atomic E-state index is 0.0291. The van der Waals surface area contributed by atoms with Crippen LogP contribution >= 0.6 is 0 Å². The van der Waals surface area contributed by atoms with E-state index in [4.69, 9.17) is 4.74 Å². The molecule has 0 N–H and O–H groups in total. The molecule has 2 aromatic carbocycles. The molecule has 0 saturated carbocycles. The first-order valence-corrected chi connectivity index (χ1v) is 9.07. The Hall–Kier alpha value is -3.82. The van der Waals surface area contributed by atoms with Gasteiger partial charge < -0.3 is 9.64 Å². The third-order valence-electron chi connectivity index (χ3n) is 4.80. The van der Waals surface area contributed by atoms with Crippen LogP contribution in [0.2, 0.25) is 0 Å². The Bertz CT molecular complexity index is 1150. The number of hydrogen-bond donors (Lipinski definition) is 0. The highest BCUT2D eigenvalue weighted by atomic mass is 16.6. The SMILES string of the molecule is O=C(OCn1nnc2ccccc2c1=O)c1ccc(N2CCCC2)c([N+](=O)[O-])c1. The maximum Gasteiger partial charge on any atom is 0.340 e. The minimum Gasteiger partial charge on any atom is -0.439 e. The van der Waals surface area contributed by atoms with E-state index in [-0.39, 0.29) is 11.3 Å². The number of rotatable bonds is 5. The number of carbonyl (C=O) groups excluding carboxylic acids is 1.